The van der Waals surface area contributed by atoms with Gasteiger partial charge in [0.15, 0.2) is 0 Å². The lowest BCUT2D eigenvalue weighted by atomic mass is 9.82. The lowest BCUT2D eigenvalue weighted by molar-refractivity contribution is 0.170. The molecule has 1 aliphatic carbocycles. The predicted molar refractivity (Wildman–Crippen MR) is 112 cm³/mol. The van der Waals surface area contributed by atoms with Crippen molar-refractivity contribution in [3.05, 3.63) is 23.0 Å². The van der Waals surface area contributed by atoms with Crippen LogP contribution >= 0.6 is 11.6 Å². The molecule has 6 nitrogen and oxygen atoms in total. The first kappa shape index (κ1) is 21.4. The van der Waals surface area contributed by atoms with Crippen LogP contribution < -0.4 is 5.32 Å². The van der Waals surface area contributed by atoms with Crippen molar-refractivity contribution in [3.8, 4) is 11.8 Å². The molecule has 1 unspecified atom stereocenters. The maximum Gasteiger partial charge on any atom is 0.211 e. The van der Waals surface area contributed by atoms with Crippen LogP contribution in [0.4, 0.5) is 5.69 Å². The second-order valence-corrected chi connectivity index (χ2v) is 10.2. The second-order valence-electron chi connectivity index (χ2n) is 7.88. The van der Waals surface area contributed by atoms with Crippen molar-refractivity contribution < 1.29 is 13.5 Å². The molecule has 1 aromatic rings. The number of halogens is 1. The number of nitrogens with one attached hydrogen (secondary N) is 1. The van der Waals surface area contributed by atoms with Gasteiger partial charge in [-0.25, -0.2) is 17.7 Å². The van der Waals surface area contributed by atoms with Crippen molar-refractivity contribution in [1.29, 1.82) is 0 Å². The van der Waals surface area contributed by atoms with Gasteiger partial charge in [-0.2, -0.15) is 0 Å². The van der Waals surface area contributed by atoms with Gasteiger partial charge in [0, 0.05) is 38.4 Å². The lowest BCUT2D eigenvalue weighted by Gasteiger charge is -2.27. The maximum absolute atomic E-state index is 11.6. The van der Waals surface area contributed by atoms with Crippen LogP contribution in [-0.2, 0) is 10.0 Å². The standard InChI is InChI=1S/C20H28ClN3O3S/c1-28(26,27)24-9-8-16(13-24)6-7-18-12-23-20(21)10-19(18)22-11-15-2-4-17(14-25)5-3-15/h10,12,15-17,25H,2-5,8-9,11,13-14H2,1H3,(H,22,23). The number of hydrogen-bond acceptors (Lipinski definition) is 5. The zero-order valence-corrected chi connectivity index (χ0v) is 17.8. The van der Waals surface area contributed by atoms with Crippen LogP contribution in [0.1, 0.15) is 37.7 Å². The highest BCUT2D eigenvalue weighted by molar-refractivity contribution is 7.88. The highest BCUT2D eigenvalue weighted by atomic mass is 35.5. The van der Waals surface area contributed by atoms with Crippen LogP contribution in [0, 0.1) is 29.6 Å². The summed E-state index contributed by atoms with van der Waals surface area (Å²) in [5, 5.41) is 13.2. The van der Waals surface area contributed by atoms with E-state index in [4.69, 9.17) is 11.6 Å². The number of sulfonamides is 1. The largest absolute Gasteiger partial charge is 0.396 e. The van der Waals surface area contributed by atoms with Gasteiger partial charge in [0.05, 0.1) is 17.5 Å². The summed E-state index contributed by atoms with van der Waals surface area (Å²) in [5.41, 5.74) is 1.65. The van der Waals surface area contributed by atoms with Crippen LogP contribution in [0.5, 0.6) is 0 Å². The van der Waals surface area contributed by atoms with Crippen LogP contribution in [0.15, 0.2) is 12.3 Å². The zero-order valence-electron chi connectivity index (χ0n) is 16.2. The lowest BCUT2D eigenvalue weighted by Crippen LogP contribution is -2.27. The SMILES string of the molecule is CS(=O)(=O)N1CCC(C#Cc2cnc(Cl)cc2NCC2CCC(CO)CC2)C1. The third-order valence-electron chi connectivity index (χ3n) is 5.71. The van der Waals surface area contributed by atoms with E-state index < -0.39 is 10.0 Å². The van der Waals surface area contributed by atoms with Gasteiger partial charge < -0.3 is 10.4 Å². The molecule has 1 atom stereocenters. The molecule has 8 heteroatoms. The normalized spacial score (nSPS) is 25.9. The number of hydrogen-bond donors (Lipinski definition) is 2. The van der Waals surface area contributed by atoms with E-state index in [9.17, 15) is 13.5 Å². The monoisotopic (exact) mass is 425 g/mol. The highest BCUT2D eigenvalue weighted by Crippen LogP contribution is 2.29. The molecule has 2 fully saturated rings. The zero-order chi connectivity index (χ0) is 20.1. The summed E-state index contributed by atoms with van der Waals surface area (Å²) in [5.74, 6) is 7.44. The summed E-state index contributed by atoms with van der Waals surface area (Å²) in [7, 11) is -3.15. The highest BCUT2D eigenvalue weighted by Gasteiger charge is 2.27. The molecule has 0 bridgehead atoms. The van der Waals surface area contributed by atoms with Crippen LogP contribution in [0.2, 0.25) is 5.15 Å². The van der Waals surface area contributed by atoms with Gasteiger partial charge in [0.1, 0.15) is 5.15 Å². The average Bonchev–Trinajstić information content (AvgIpc) is 3.15. The molecule has 0 amide bonds. The summed E-state index contributed by atoms with van der Waals surface area (Å²) >= 11 is 6.07. The van der Waals surface area contributed by atoms with Gasteiger partial charge in [0.2, 0.25) is 10.0 Å². The van der Waals surface area contributed by atoms with E-state index in [1.165, 1.54) is 10.6 Å². The van der Waals surface area contributed by atoms with E-state index in [0.29, 0.717) is 30.1 Å². The van der Waals surface area contributed by atoms with Gasteiger partial charge in [-0.1, -0.05) is 23.4 Å². The minimum Gasteiger partial charge on any atom is -0.396 e. The van der Waals surface area contributed by atoms with Crippen molar-refractivity contribution in [1.82, 2.24) is 9.29 Å². The molecule has 28 heavy (non-hydrogen) atoms. The Balaban J connectivity index is 1.62. The Kier molecular flexibility index (Phi) is 7.21. The molecule has 1 aliphatic heterocycles. The third kappa shape index (κ3) is 5.84. The minimum atomic E-state index is -3.15. The first-order chi connectivity index (χ1) is 13.3. The van der Waals surface area contributed by atoms with Gasteiger partial charge in [-0.3, -0.25) is 0 Å². The van der Waals surface area contributed by atoms with Gasteiger partial charge in [-0.15, -0.1) is 0 Å². The number of pyridine rings is 1. The van der Waals surface area contributed by atoms with E-state index in [0.717, 1.165) is 49.9 Å². The van der Waals surface area contributed by atoms with E-state index in [-0.39, 0.29) is 12.5 Å². The molecule has 0 radical (unpaired) electrons. The molecule has 2 aliphatic rings. The van der Waals surface area contributed by atoms with Crippen LogP contribution in [0.3, 0.4) is 0 Å². The Labute approximate surface area is 172 Å². The Morgan fingerprint density at radius 3 is 2.64 bits per heavy atom. The van der Waals surface area contributed by atoms with Gasteiger partial charge >= 0.3 is 0 Å². The molecule has 154 valence electrons. The van der Waals surface area contributed by atoms with Crippen LogP contribution in [-0.4, -0.2) is 55.3 Å². The summed E-state index contributed by atoms with van der Waals surface area (Å²) in [6.45, 7) is 2.11. The first-order valence-corrected chi connectivity index (χ1v) is 12.0. The van der Waals surface area contributed by atoms with Crippen molar-refractivity contribution in [2.75, 3.05) is 37.8 Å². The summed E-state index contributed by atoms with van der Waals surface area (Å²) in [4.78, 5) is 4.14. The smallest absolute Gasteiger partial charge is 0.211 e. The molecule has 1 aromatic heterocycles. The van der Waals surface area contributed by atoms with Crippen molar-refractivity contribution in [2.24, 2.45) is 17.8 Å². The molecule has 3 rings (SSSR count). The average molecular weight is 426 g/mol. The number of aromatic nitrogens is 1. The number of aliphatic hydroxyl groups is 1. The number of aliphatic hydroxyl groups excluding tert-OH is 1. The Morgan fingerprint density at radius 1 is 1.29 bits per heavy atom. The maximum atomic E-state index is 11.6. The fourth-order valence-electron chi connectivity index (χ4n) is 3.88. The predicted octanol–water partition coefficient (Wildman–Crippen LogP) is 2.58. The molecule has 1 saturated carbocycles. The van der Waals surface area contributed by atoms with E-state index in [1.807, 2.05) is 0 Å². The minimum absolute atomic E-state index is 0.0343. The van der Waals surface area contributed by atoms with Crippen molar-refractivity contribution >= 4 is 27.3 Å². The molecule has 0 aromatic carbocycles. The Hall–Kier alpha value is -1.33. The van der Waals surface area contributed by atoms with Gasteiger partial charge in [-0.05, 0) is 50.0 Å². The third-order valence-corrected chi connectivity index (χ3v) is 7.18. The molecule has 2 heterocycles. The quantitative estimate of drug-likeness (QED) is 0.559. The number of anilines is 1. The molecule has 2 N–H and O–H groups in total. The van der Waals surface area contributed by atoms with Crippen molar-refractivity contribution in [2.45, 2.75) is 32.1 Å². The second kappa shape index (κ2) is 9.45. The molecule has 1 saturated heterocycles. The topological polar surface area (TPSA) is 82.5 Å². The molecular formula is C20H28ClN3O3S. The summed E-state index contributed by atoms with van der Waals surface area (Å²) in [6, 6.07) is 1.79. The van der Waals surface area contributed by atoms with Crippen LogP contribution in [0.25, 0.3) is 0 Å². The fourth-order valence-corrected chi connectivity index (χ4v) is 4.92. The Bertz CT molecular complexity index is 842. The summed E-state index contributed by atoms with van der Waals surface area (Å²) in [6.07, 6.45) is 8.03. The molecular weight excluding hydrogens is 398 g/mol. The van der Waals surface area contributed by atoms with E-state index >= 15 is 0 Å². The first-order valence-electron chi connectivity index (χ1n) is 9.82. The van der Waals surface area contributed by atoms with Gasteiger partial charge in [0.25, 0.3) is 0 Å². The Morgan fingerprint density at radius 2 is 2.00 bits per heavy atom. The van der Waals surface area contributed by atoms with E-state index in [1.54, 1.807) is 12.3 Å². The number of rotatable bonds is 5. The summed E-state index contributed by atoms with van der Waals surface area (Å²) < 4.78 is 24.8. The molecule has 0 spiro atoms. The van der Waals surface area contributed by atoms with Crippen molar-refractivity contribution in [3.63, 3.8) is 0 Å². The number of nitrogens with zero attached hydrogens (tertiary/aromatic N) is 2. The fraction of sp³-hybridized carbons (Fsp3) is 0.650. The van der Waals surface area contributed by atoms with E-state index in [2.05, 4.69) is 22.1 Å².